The minimum absolute atomic E-state index is 0.157. The van der Waals surface area contributed by atoms with Crippen LogP contribution in [0.3, 0.4) is 0 Å². The van der Waals surface area contributed by atoms with Crippen molar-refractivity contribution in [1.82, 2.24) is 0 Å². The van der Waals surface area contributed by atoms with Gasteiger partial charge in [-0.1, -0.05) is 12.1 Å². The summed E-state index contributed by atoms with van der Waals surface area (Å²) < 4.78 is 27.6. The summed E-state index contributed by atoms with van der Waals surface area (Å²) in [5.74, 6) is -0.925. The highest BCUT2D eigenvalue weighted by Crippen LogP contribution is 2.07. The molecule has 0 aromatic rings. The molecular weight excluding hydrogens is 496 g/mol. The lowest BCUT2D eigenvalue weighted by Gasteiger charge is -2.17. The second-order valence-corrected chi connectivity index (χ2v) is 6.66. The Kier molecular flexibility index (Phi) is 26.5. The third-order valence-electron chi connectivity index (χ3n) is 4.03. The van der Waals surface area contributed by atoms with Gasteiger partial charge in [-0.15, -0.1) is 0 Å². The fourth-order valence-corrected chi connectivity index (χ4v) is 1.96. The molecule has 1 aliphatic rings. The topological polar surface area (TPSA) is 170 Å². The summed E-state index contributed by atoms with van der Waals surface area (Å²) in [7, 11) is 8.41. The number of methoxy groups -OCH3 is 5. The molecule has 0 aromatic carbocycles. The monoisotopic (exact) mass is 538 g/mol. The van der Waals surface area contributed by atoms with Gasteiger partial charge in [-0.25, -0.2) is 4.79 Å². The maximum Gasteiger partial charge on any atom is 0.336 e. The lowest BCUT2D eigenvalue weighted by Crippen LogP contribution is -2.31. The van der Waals surface area contributed by atoms with Crippen LogP contribution < -0.4 is 0 Å². The summed E-state index contributed by atoms with van der Waals surface area (Å²) in [4.78, 5) is 40.7. The number of hydrogen-bond acceptors (Lipinski definition) is 14. The fraction of sp³-hybridized carbons (Fsp3) is 0.696. The van der Waals surface area contributed by atoms with Crippen molar-refractivity contribution in [1.29, 1.82) is 0 Å². The van der Waals surface area contributed by atoms with E-state index >= 15 is 0 Å². The molecule has 1 rings (SSSR count). The van der Waals surface area contributed by atoms with E-state index in [9.17, 15) is 14.4 Å². The van der Waals surface area contributed by atoms with Crippen LogP contribution in [0, 0.1) is 5.92 Å². The third-order valence-corrected chi connectivity index (χ3v) is 4.03. The molecule has 14 heteroatoms. The van der Waals surface area contributed by atoms with Crippen LogP contribution in [0.25, 0.3) is 0 Å². The molecule has 0 fully saturated rings. The van der Waals surface area contributed by atoms with Crippen molar-refractivity contribution >= 4 is 29.5 Å². The van der Waals surface area contributed by atoms with Crippen molar-refractivity contribution in [3.63, 3.8) is 0 Å². The van der Waals surface area contributed by atoms with Gasteiger partial charge in [0.1, 0.15) is 19.4 Å². The number of aliphatic hydroxyl groups excluding tert-OH is 1. The molecule has 1 heterocycles. The Morgan fingerprint density at radius 2 is 1.68 bits per heavy atom. The van der Waals surface area contributed by atoms with Gasteiger partial charge in [-0.05, 0) is 25.9 Å². The molecule has 0 aromatic heterocycles. The van der Waals surface area contributed by atoms with E-state index in [0.717, 1.165) is 0 Å². The molecule has 14 nitrogen and oxygen atoms in total. The molecule has 0 bridgehead atoms. The maximum atomic E-state index is 10.9. The highest BCUT2D eigenvalue weighted by molar-refractivity contribution is 6.37. The number of carbonyl (C=O) groups excluding carboxylic acids is 3. The number of rotatable bonds is 9. The molecule has 0 amide bonds. The van der Waals surface area contributed by atoms with Crippen LogP contribution in [-0.4, -0.2) is 103 Å². The minimum atomic E-state index is -0.470. The molecule has 2 atom stereocenters. The average molecular weight is 539 g/mol. The zero-order valence-electron chi connectivity index (χ0n) is 23.4. The molecule has 0 aliphatic carbocycles. The molecule has 37 heavy (non-hydrogen) atoms. The summed E-state index contributed by atoms with van der Waals surface area (Å²) in [5.41, 5.74) is 1.03. The Bertz CT molecular complexity index is 713. The molecule has 1 aliphatic heterocycles. The van der Waals surface area contributed by atoms with Crippen LogP contribution in [0.1, 0.15) is 34.1 Å². The molecule has 216 valence electrons. The van der Waals surface area contributed by atoms with Crippen molar-refractivity contribution in [2.24, 2.45) is 16.2 Å². The number of carbonyl (C=O) groups is 3. The fourth-order valence-electron chi connectivity index (χ4n) is 1.96. The Balaban J connectivity index is -0.000000427. The van der Waals surface area contributed by atoms with Gasteiger partial charge in [0.2, 0.25) is 0 Å². The van der Waals surface area contributed by atoms with Crippen LogP contribution in [0.15, 0.2) is 22.1 Å². The van der Waals surface area contributed by atoms with Crippen LogP contribution in [0.4, 0.5) is 0 Å². The highest BCUT2D eigenvalue weighted by atomic mass is 16.7. The van der Waals surface area contributed by atoms with Gasteiger partial charge < -0.3 is 43.2 Å². The van der Waals surface area contributed by atoms with Gasteiger partial charge >= 0.3 is 17.9 Å². The van der Waals surface area contributed by atoms with Crippen LogP contribution in [0.5, 0.6) is 0 Å². The molecular formula is C23H42N2O12. The van der Waals surface area contributed by atoms with E-state index in [1.165, 1.54) is 48.9 Å². The second kappa shape index (κ2) is 25.7. The normalized spacial score (nSPS) is 13.9. The largest absolute Gasteiger partial charge is 0.504 e. The van der Waals surface area contributed by atoms with Gasteiger partial charge in [0.15, 0.2) is 6.61 Å². The summed E-state index contributed by atoms with van der Waals surface area (Å²) >= 11 is 0. The van der Waals surface area contributed by atoms with Gasteiger partial charge in [-0.2, -0.15) is 0 Å². The zero-order valence-corrected chi connectivity index (χ0v) is 23.4. The average Bonchev–Trinajstić information content (AvgIpc) is 2.93. The standard InChI is InChI=1S/C7H14O4.C6H10N2O3.C6H10O3.C4H8O2/c1-5(7(9)11-3)6(4-8)10-2;1-5(7-9-2)6-8-11-4-3-10-6;1-5(4-8-2)6(7)9-3;1-3-4(5)6-2/h5-6,8H,4H2,1-3H3;3-4H2,1-2H3;4H,1-3H3;3H2,1-2H3. The van der Waals surface area contributed by atoms with Crippen molar-refractivity contribution in [2.75, 3.05) is 62.5 Å². The molecule has 1 N–H and O–H groups in total. The summed E-state index contributed by atoms with van der Waals surface area (Å²) in [5, 5.41) is 16.0. The highest BCUT2D eigenvalue weighted by Gasteiger charge is 2.23. The number of ether oxygens (including phenoxy) is 6. The van der Waals surface area contributed by atoms with E-state index in [4.69, 9.17) is 19.4 Å². The van der Waals surface area contributed by atoms with Crippen LogP contribution in [0.2, 0.25) is 0 Å². The molecule has 0 radical (unpaired) electrons. The zero-order chi connectivity index (χ0) is 29.2. The van der Waals surface area contributed by atoms with Crippen LogP contribution >= 0.6 is 0 Å². The van der Waals surface area contributed by atoms with Crippen molar-refractivity contribution in [3.05, 3.63) is 11.8 Å². The Labute approximate surface area is 218 Å². The maximum absolute atomic E-state index is 10.9. The lowest BCUT2D eigenvalue weighted by atomic mass is 10.1. The first-order valence-corrected chi connectivity index (χ1v) is 11.0. The van der Waals surface area contributed by atoms with Crippen molar-refractivity contribution in [2.45, 2.75) is 40.2 Å². The SMILES string of the molecule is CCC(=O)OC.COC(=O)C(C)C(CO)OC.COC=C(C)C(=O)OC.CON=C(C)C1=NOCCO1. The van der Waals surface area contributed by atoms with Gasteiger partial charge in [0.25, 0.3) is 5.90 Å². The number of esters is 3. The molecule has 0 spiro atoms. The van der Waals surface area contributed by atoms with Crippen molar-refractivity contribution in [3.8, 4) is 0 Å². The first-order chi connectivity index (χ1) is 17.5. The Morgan fingerprint density at radius 1 is 1.05 bits per heavy atom. The summed E-state index contributed by atoms with van der Waals surface area (Å²) in [6, 6.07) is 0. The Hall–Kier alpha value is -3.39. The van der Waals surface area contributed by atoms with Crippen LogP contribution in [-0.2, 0) is 52.5 Å². The van der Waals surface area contributed by atoms with Gasteiger partial charge in [0.05, 0.1) is 58.9 Å². The number of hydrogen-bond donors (Lipinski definition) is 1. The quantitative estimate of drug-likeness (QED) is 0.112. The van der Waals surface area contributed by atoms with E-state index in [0.29, 0.717) is 36.8 Å². The third kappa shape index (κ3) is 20.5. The van der Waals surface area contributed by atoms with E-state index in [1.54, 1.807) is 27.7 Å². The summed E-state index contributed by atoms with van der Waals surface area (Å²) in [6.45, 7) is 7.58. The van der Waals surface area contributed by atoms with Gasteiger partial charge in [0, 0.05) is 13.5 Å². The smallest absolute Gasteiger partial charge is 0.336 e. The predicted octanol–water partition coefficient (Wildman–Crippen LogP) is 1.45. The van der Waals surface area contributed by atoms with Crippen molar-refractivity contribution < 1.29 is 57.6 Å². The lowest BCUT2D eigenvalue weighted by molar-refractivity contribution is -0.150. The van der Waals surface area contributed by atoms with E-state index in [-0.39, 0.29) is 24.5 Å². The van der Waals surface area contributed by atoms with E-state index in [2.05, 4.69) is 34.1 Å². The second-order valence-electron chi connectivity index (χ2n) is 6.66. The first-order valence-electron chi connectivity index (χ1n) is 11.0. The van der Waals surface area contributed by atoms with Gasteiger partial charge in [-0.3, -0.25) is 9.59 Å². The summed E-state index contributed by atoms with van der Waals surface area (Å²) in [6.07, 6.45) is 1.34. The van der Waals surface area contributed by atoms with E-state index in [1.807, 2.05) is 0 Å². The minimum Gasteiger partial charge on any atom is -0.504 e. The Morgan fingerprint density at radius 3 is 2.00 bits per heavy atom. The number of aliphatic hydroxyl groups is 1. The first kappa shape index (κ1) is 38.1. The predicted molar refractivity (Wildman–Crippen MR) is 134 cm³/mol. The van der Waals surface area contributed by atoms with E-state index < -0.39 is 12.0 Å². The number of oxime groups is 2. The number of nitrogens with zero attached hydrogens (tertiary/aromatic N) is 2. The molecule has 2 unspecified atom stereocenters. The molecule has 0 saturated carbocycles. The molecule has 0 saturated heterocycles.